The third-order valence-corrected chi connectivity index (χ3v) is 2.96. The van der Waals surface area contributed by atoms with Gasteiger partial charge in [0.2, 0.25) is 0 Å². The summed E-state index contributed by atoms with van der Waals surface area (Å²) in [5.41, 5.74) is 1.13. The first kappa shape index (κ1) is 17.6. The van der Waals surface area contributed by atoms with E-state index in [2.05, 4.69) is 16.9 Å². The lowest BCUT2D eigenvalue weighted by molar-refractivity contribution is 0.0186. The molecule has 0 radical (unpaired) electrons. The number of carbonyl (C=O) groups is 1. The fourth-order valence-electron chi connectivity index (χ4n) is 1.85. The van der Waals surface area contributed by atoms with Gasteiger partial charge < -0.3 is 10.1 Å². The van der Waals surface area contributed by atoms with Crippen LogP contribution in [0.15, 0.2) is 29.0 Å². The lowest BCUT2D eigenvalue weighted by atomic mass is 10.2. The molecule has 0 saturated heterocycles. The molecule has 1 aliphatic heterocycles. The summed E-state index contributed by atoms with van der Waals surface area (Å²) < 4.78 is 5.42. The molecule has 6 heteroatoms. The molecule has 1 rings (SSSR count). The fraction of sp³-hybridized carbons (Fsp3) is 0.600. The topological polar surface area (TPSA) is 53.9 Å². The lowest BCUT2D eigenvalue weighted by Gasteiger charge is -2.30. The molecule has 118 valence electrons. The molecular formula is C15H24ClN3O2. The molecule has 0 aromatic carbocycles. The highest BCUT2D eigenvalue weighted by molar-refractivity contribution is 6.68. The number of hydrogen-bond donors (Lipinski definition) is 1. The Labute approximate surface area is 131 Å². The zero-order valence-electron chi connectivity index (χ0n) is 13.4. The minimum Gasteiger partial charge on any atom is -0.444 e. The van der Waals surface area contributed by atoms with E-state index in [1.54, 1.807) is 11.0 Å². The fourth-order valence-corrected chi connectivity index (χ4v) is 2.15. The van der Waals surface area contributed by atoms with Crippen LogP contribution < -0.4 is 5.32 Å². The van der Waals surface area contributed by atoms with Crippen LogP contribution >= 0.6 is 11.6 Å². The monoisotopic (exact) mass is 313 g/mol. The van der Waals surface area contributed by atoms with Gasteiger partial charge in [-0.15, -0.1) is 0 Å². The summed E-state index contributed by atoms with van der Waals surface area (Å²) in [5, 5.41) is 3.45. The van der Waals surface area contributed by atoms with Gasteiger partial charge in [0, 0.05) is 24.4 Å². The summed E-state index contributed by atoms with van der Waals surface area (Å²) in [6.07, 6.45) is 1.52. The molecule has 1 amide bonds. The average molecular weight is 314 g/mol. The van der Waals surface area contributed by atoms with E-state index in [4.69, 9.17) is 16.3 Å². The largest absolute Gasteiger partial charge is 0.444 e. The van der Waals surface area contributed by atoms with E-state index in [0.717, 1.165) is 11.4 Å². The maximum Gasteiger partial charge on any atom is 0.412 e. The smallest absolute Gasteiger partial charge is 0.412 e. The van der Waals surface area contributed by atoms with Crippen molar-refractivity contribution in [3.63, 3.8) is 0 Å². The van der Waals surface area contributed by atoms with Crippen LogP contribution in [0.1, 0.15) is 41.0 Å². The molecule has 0 aromatic rings. The lowest BCUT2D eigenvalue weighted by Crippen LogP contribution is -2.42. The zero-order chi connectivity index (χ0) is 16.2. The van der Waals surface area contributed by atoms with Gasteiger partial charge in [0.15, 0.2) is 0 Å². The first-order chi connectivity index (χ1) is 9.58. The van der Waals surface area contributed by atoms with Crippen LogP contribution in [0.25, 0.3) is 0 Å². The number of halogens is 1. The van der Waals surface area contributed by atoms with E-state index >= 15 is 0 Å². The molecule has 1 atom stereocenters. The SMILES string of the molecule is C=C1CCN(C(=O)OC(C)(C)C)C(C)N=C(Cl)/C=C(\C)N1. The number of hydrogen-bond acceptors (Lipinski definition) is 4. The molecule has 1 unspecified atom stereocenters. The molecule has 0 bridgehead atoms. The zero-order valence-corrected chi connectivity index (χ0v) is 14.1. The normalized spacial score (nSPS) is 23.6. The Kier molecular flexibility index (Phi) is 5.84. The third-order valence-electron chi connectivity index (χ3n) is 2.75. The van der Waals surface area contributed by atoms with Crippen molar-refractivity contribution >= 4 is 22.9 Å². The molecule has 21 heavy (non-hydrogen) atoms. The van der Waals surface area contributed by atoms with Crippen molar-refractivity contribution in [2.45, 2.75) is 52.8 Å². The maximum absolute atomic E-state index is 12.3. The van der Waals surface area contributed by atoms with E-state index in [1.165, 1.54) is 0 Å². The number of aliphatic imine (C=N–C) groups is 1. The van der Waals surface area contributed by atoms with Crippen molar-refractivity contribution in [1.82, 2.24) is 10.2 Å². The van der Waals surface area contributed by atoms with Gasteiger partial charge in [-0.3, -0.25) is 4.90 Å². The van der Waals surface area contributed by atoms with Crippen LogP contribution in [0.5, 0.6) is 0 Å². The number of rotatable bonds is 0. The summed E-state index contributed by atoms with van der Waals surface area (Å²) in [5.74, 6) is 0. The second-order valence-electron chi connectivity index (χ2n) is 6.06. The summed E-state index contributed by atoms with van der Waals surface area (Å²) in [6, 6.07) is 0. The van der Waals surface area contributed by atoms with Gasteiger partial charge in [-0.1, -0.05) is 18.2 Å². The Bertz CT molecular complexity index is 478. The Hall–Kier alpha value is -1.49. The van der Waals surface area contributed by atoms with Crippen LogP contribution in [-0.4, -0.2) is 34.5 Å². The minimum absolute atomic E-state index is 0.329. The van der Waals surface area contributed by atoms with Crippen LogP contribution in [0.4, 0.5) is 4.79 Å². The molecule has 0 fully saturated rings. The number of nitrogens with zero attached hydrogens (tertiary/aromatic N) is 2. The summed E-state index contributed by atoms with van der Waals surface area (Å²) >= 11 is 6.09. The molecule has 0 spiro atoms. The van der Waals surface area contributed by atoms with Gasteiger partial charge in [-0.05, 0) is 40.7 Å². The number of ether oxygens (including phenoxy) is 1. The molecular weight excluding hydrogens is 290 g/mol. The number of amides is 1. The summed E-state index contributed by atoms with van der Waals surface area (Å²) in [6.45, 7) is 13.6. The van der Waals surface area contributed by atoms with Crippen molar-refractivity contribution in [1.29, 1.82) is 0 Å². The number of carbonyl (C=O) groups excluding carboxylic acids is 1. The molecule has 5 nitrogen and oxygen atoms in total. The van der Waals surface area contributed by atoms with Gasteiger partial charge in [0.25, 0.3) is 0 Å². The predicted octanol–water partition coefficient (Wildman–Crippen LogP) is 3.62. The van der Waals surface area contributed by atoms with Crippen molar-refractivity contribution in [2.75, 3.05) is 6.54 Å². The second kappa shape index (κ2) is 6.98. The van der Waals surface area contributed by atoms with E-state index in [-0.39, 0.29) is 0 Å². The highest BCUT2D eigenvalue weighted by Crippen LogP contribution is 2.15. The van der Waals surface area contributed by atoms with Crippen molar-refractivity contribution in [3.8, 4) is 0 Å². The van der Waals surface area contributed by atoms with Gasteiger partial charge in [0.1, 0.15) is 16.9 Å². The quantitative estimate of drug-likeness (QED) is 0.743. The molecule has 1 heterocycles. The van der Waals surface area contributed by atoms with E-state index < -0.39 is 17.9 Å². The first-order valence-electron chi connectivity index (χ1n) is 6.94. The maximum atomic E-state index is 12.3. The van der Waals surface area contributed by atoms with Gasteiger partial charge in [0.05, 0.1) is 0 Å². The predicted molar refractivity (Wildman–Crippen MR) is 86.3 cm³/mol. The number of allylic oxidation sites excluding steroid dienone is 2. The van der Waals surface area contributed by atoms with Crippen molar-refractivity contribution in [3.05, 3.63) is 24.0 Å². The van der Waals surface area contributed by atoms with Gasteiger partial charge >= 0.3 is 6.09 Å². The Morgan fingerprint density at radius 3 is 2.76 bits per heavy atom. The molecule has 0 aliphatic carbocycles. The van der Waals surface area contributed by atoms with Crippen molar-refractivity contribution in [2.24, 2.45) is 4.99 Å². The third kappa shape index (κ3) is 6.21. The van der Waals surface area contributed by atoms with Crippen molar-refractivity contribution < 1.29 is 9.53 Å². The van der Waals surface area contributed by atoms with Gasteiger partial charge in [-0.2, -0.15) is 0 Å². The van der Waals surface area contributed by atoms with E-state index in [9.17, 15) is 4.79 Å². The Morgan fingerprint density at radius 2 is 2.19 bits per heavy atom. The van der Waals surface area contributed by atoms with Gasteiger partial charge in [-0.25, -0.2) is 9.79 Å². The van der Waals surface area contributed by atoms with Crippen LogP contribution in [0, 0.1) is 0 Å². The van der Waals surface area contributed by atoms with E-state index in [0.29, 0.717) is 18.1 Å². The van der Waals surface area contributed by atoms with Crippen LogP contribution in [-0.2, 0) is 4.74 Å². The Morgan fingerprint density at radius 1 is 1.57 bits per heavy atom. The molecule has 0 saturated carbocycles. The number of nitrogens with one attached hydrogen (secondary N) is 1. The standard InChI is InChI=1S/C15H24ClN3O2/c1-10-7-8-19(14(20)21-15(4,5)6)12(3)18-13(16)9-11(2)17-10/h9,12,17H,1,7-8H2,2-6H3/b11-9+,18-13?. The summed E-state index contributed by atoms with van der Waals surface area (Å²) in [4.78, 5) is 18.1. The van der Waals surface area contributed by atoms with E-state index in [1.807, 2.05) is 34.6 Å². The van der Waals surface area contributed by atoms with Crippen LogP contribution in [0.3, 0.4) is 0 Å². The highest BCUT2D eigenvalue weighted by atomic mass is 35.5. The first-order valence-corrected chi connectivity index (χ1v) is 7.32. The second-order valence-corrected chi connectivity index (χ2v) is 6.45. The Balaban J connectivity index is 2.99. The minimum atomic E-state index is -0.550. The molecule has 1 N–H and O–H groups in total. The highest BCUT2D eigenvalue weighted by Gasteiger charge is 2.26. The molecule has 0 aromatic heterocycles. The van der Waals surface area contributed by atoms with Crippen LogP contribution in [0.2, 0.25) is 0 Å². The average Bonchev–Trinajstić information content (AvgIpc) is 2.24. The summed E-state index contributed by atoms with van der Waals surface area (Å²) in [7, 11) is 0. The molecule has 1 aliphatic rings.